The highest BCUT2D eigenvalue weighted by atomic mass is 16.5. The summed E-state index contributed by atoms with van der Waals surface area (Å²) in [5.41, 5.74) is 0. The van der Waals surface area contributed by atoms with Gasteiger partial charge in [-0.2, -0.15) is 0 Å². The third-order valence-electron chi connectivity index (χ3n) is 2.74. The Kier molecular flexibility index (Phi) is 5.65. The molecule has 0 radical (unpaired) electrons. The molecule has 0 atom stereocenters. The van der Waals surface area contributed by atoms with Crippen molar-refractivity contribution < 1.29 is 9.53 Å². The van der Waals surface area contributed by atoms with Gasteiger partial charge in [0.2, 0.25) is 5.91 Å². The Morgan fingerprint density at radius 2 is 2.07 bits per heavy atom. The van der Waals surface area contributed by atoms with Gasteiger partial charge in [-0.05, 0) is 6.42 Å². The number of amides is 1. The molecule has 1 amide bonds. The van der Waals surface area contributed by atoms with Gasteiger partial charge in [-0.15, -0.1) is 0 Å². The maximum Gasteiger partial charge on any atom is 0.222 e. The Morgan fingerprint density at radius 1 is 1.40 bits per heavy atom. The predicted octanol–water partition coefficient (Wildman–Crippen LogP) is 0.577. The average Bonchev–Trinajstić information content (AvgIpc) is 2.27. The molecule has 0 aromatic carbocycles. The zero-order chi connectivity index (χ0) is 11.1. The molecule has 0 aromatic heterocycles. The maximum atomic E-state index is 11.5. The zero-order valence-corrected chi connectivity index (χ0v) is 9.87. The van der Waals surface area contributed by atoms with Crippen molar-refractivity contribution in [3.63, 3.8) is 0 Å². The van der Waals surface area contributed by atoms with Gasteiger partial charge in [0.05, 0.1) is 13.2 Å². The number of hydrogen-bond donors (Lipinski definition) is 0. The van der Waals surface area contributed by atoms with E-state index in [4.69, 9.17) is 4.74 Å². The molecule has 0 unspecified atom stereocenters. The van der Waals surface area contributed by atoms with Gasteiger partial charge in [0.1, 0.15) is 0 Å². The van der Waals surface area contributed by atoms with Crippen LogP contribution < -0.4 is 0 Å². The quantitative estimate of drug-likeness (QED) is 0.671. The lowest BCUT2D eigenvalue weighted by Crippen LogP contribution is -2.41. The molecule has 4 heteroatoms. The highest BCUT2D eigenvalue weighted by Crippen LogP contribution is 1.99. The number of carbonyl (C=O) groups is 1. The Balaban J connectivity index is 2.14. The summed E-state index contributed by atoms with van der Waals surface area (Å²) >= 11 is 0. The Labute approximate surface area is 92.2 Å². The largest absolute Gasteiger partial charge is 0.379 e. The minimum absolute atomic E-state index is 0.255. The summed E-state index contributed by atoms with van der Waals surface area (Å²) in [6.07, 6.45) is 1.60. The number of ether oxygens (including phenoxy) is 1. The van der Waals surface area contributed by atoms with E-state index in [9.17, 15) is 4.79 Å². The molecule has 1 fully saturated rings. The summed E-state index contributed by atoms with van der Waals surface area (Å²) in [5.74, 6) is 0.255. The van der Waals surface area contributed by atoms with E-state index in [-0.39, 0.29) is 5.91 Å². The van der Waals surface area contributed by atoms with Crippen molar-refractivity contribution in [3.05, 3.63) is 0 Å². The fraction of sp³-hybridized carbons (Fsp3) is 0.909. The molecule has 1 heterocycles. The number of likely N-dealkylation sites (N-methyl/N-ethyl adjacent to an activating group) is 1. The molecule has 1 saturated heterocycles. The molecule has 88 valence electrons. The van der Waals surface area contributed by atoms with Crippen LogP contribution in [-0.2, 0) is 9.53 Å². The topological polar surface area (TPSA) is 32.8 Å². The summed E-state index contributed by atoms with van der Waals surface area (Å²) in [4.78, 5) is 15.7. The molecule has 1 rings (SSSR count). The van der Waals surface area contributed by atoms with E-state index in [1.54, 1.807) is 0 Å². The molecule has 1 aliphatic rings. The Hall–Kier alpha value is -0.610. The minimum Gasteiger partial charge on any atom is -0.379 e. The predicted molar refractivity (Wildman–Crippen MR) is 59.8 cm³/mol. The minimum atomic E-state index is 0.255. The van der Waals surface area contributed by atoms with Crippen LogP contribution in [0.5, 0.6) is 0 Å². The molecule has 0 aromatic rings. The van der Waals surface area contributed by atoms with Crippen molar-refractivity contribution in [2.45, 2.75) is 19.8 Å². The van der Waals surface area contributed by atoms with Gasteiger partial charge in [0.25, 0.3) is 0 Å². The lowest BCUT2D eigenvalue weighted by molar-refractivity contribution is -0.130. The second-order valence-electron chi connectivity index (χ2n) is 4.02. The van der Waals surface area contributed by atoms with Crippen LogP contribution >= 0.6 is 0 Å². The molecule has 0 spiro atoms. The van der Waals surface area contributed by atoms with Crippen LogP contribution in [0.2, 0.25) is 0 Å². The van der Waals surface area contributed by atoms with Crippen molar-refractivity contribution in [2.24, 2.45) is 0 Å². The first-order chi connectivity index (χ1) is 7.24. The normalized spacial score (nSPS) is 17.7. The third-order valence-corrected chi connectivity index (χ3v) is 2.74. The van der Waals surface area contributed by atoms with Crippen molar-refractivity contribution in [1.82, 2.24) is 9.80 Å². The molecule has 0 bridgehead atoms. The van der Waals surface area contributed by atoms with Gasteiger partial charge >= 0.3 is 0 Å². The monoisotopic (exact) mass is 214 g/mol. The van der Waals surface area contributed by atoms with Crippen LogP contribution in [0, 0.1) is 0 Å². The van der Waals surface area contributed by atoms with Gasteiger partial charge in [-0.25, -0.2) is 0 Å². The van der Waals surface area contributed by atoms with Crippen LogP contribution in [0.3, 0.4) is 0 Å². The summed E-state index contributed by atoms with van der Waals surface area (Å²) in [6, 6.07) is 0. The fourth-order valence-electron chi connectivity index (χ4n) is 1.65. The van der Waals surface area contributed by atoms with E-state index < -0.39 is 0 Å². The van der Waals surface area contributed by atoms with Crippen LogP contribution in [0.15, 0.2) is 0 Å². The van der Waals surface area contributed by atoms with E-state index in [2.05, 4.69) is 4.90 Å². The van der Waals surface area contributed by atoms with Crippen molar-refractivity contribution in [1.29, 1.82) is 0 Å². The van der Waals surface area contributed by atoms with Gasteiger partial charge < -0.3 is 9.64 Å². The van der Waals surface area contributed by atoms with Gasteiger partial charge in [0.15, 0.2) is 0 Å². The third kappa shape index (κ3) is 4.62. The first-order valence-electron chi connectivity index (χ1n) is 5.78. The smallest absolute Gasteiger partial charge is 0.222 e. The van der Waals surface area contributed by atoms with Crippen molar-refractivity contribution in [2.75, 3.05) is 46.4 Å². The second kappa shape index (κ2) is 6.80. The number of carbonyl (C=O) groups excluding carboxylic acids is 1. The van der Waals surface area contributed by atoms with Crippen LogP contribution in [0.1, 0.15) is 19.8 Å². The SMILES string of the molecule is CCCC(=O)N(C)CCN1CCOCC1. The second-order valence-corrected chi connectivity index (χ2v) is 4.02. The number of morpholine rings is 1. The van der Waals surface area contributed by atoms with Gasteiger partial charge in [-0.1, -0.05) is 6.92 Å². The van der Waals surface area contributed by atoms with Crippen LogP contribution in [-0.4, -0.2) is 62.1 Å². The first-order valence-corrected chi connectivity index (χ1v) is 5.78. The standard InChI is InChI=1S/C11H22N2O2/c1-3-4-11(14)12(2)5-6-13-7-9-15-10-8-13/h3-10H2,1-2H3. The zero-order valence-electron chi connectivity index (χ0n) is 9.87. The van der Waals surface area contributed by atoms with E-state index >= 15 is 0 Å². The summed E-state index contributed by atoms with van der Waals surface area (Å²) in [6.45, 7) is 7.48. The van der Waals surface area contributed by atoms with E-state index in [1.165, 1.54) is 0 Å². The highest BCUT2D eigenvalue weighted by Gasteiger charge is 2.12. The number of nitrogens with zero attached hydrogens (tertiary/aromatic N) is 2. The van der Waals surface area contributed by atoms with E-state index in [0.717, 1.165) is 45.8 Å². The molecule has 4 nitrogen and oxygen atoms in total. The summed E-state index contributed by atoms with van der Waals surface area (Å²) in [7, 11) is 1.89. The number of rotatable bonds is 5. The van der Waals surface area contributed by atoms with E-state index in [1.807, 2.05) is 18.9 Å². The van der Waals surface area contributed by atoms with Gasteiger partial charge in [0, 0.05) is 39.6 Å². The molecular formula is C11H22N2O2. The molecule has 15 heavy (non-hydrogen) atoms. The fourth-order valence-corrected chi connectivity index (χ4v) is 1.65. The Morgan fingerprint density at radius 3 is 2.67 bits per heavy atom. The lowest BCUT2D eigenvalue weighted by Gasteiger charge is -2.28. The summed E-state index contributed by atoms with van der Waals surface area (Å²) in [5, 5.41) is 0. The molecule has 0 aliphatic carbocycles. The molecule has 0 N–H and O–H groups in total. The molecule has 1 aliphatic heterocycles. The lowest BCUT2D eigenvalue weighted by atomic mass is 10.3. The molecule has 0 saturated carbocycles. The average molecular weight is 214 g/mol. The molecular weight excluding hydrogens is 192 g/mol. The van der Waals surface area contributed by atoms with Crippen LogP contribution in [0.25, 0.3) is 0 Å². The van der Waals surface area contributed by atoms with Gasteiger partial charge in [-0.3, -0.25) is 9.69 Å². The summed E-state index contributed by atoms with van der Waals surface area (Å²) < 4.78 is 5.27. The van der Waals surface area contributed by atoms with E-state index in [0.29, 0.717) is 6.42 Å². The van der Waals surface area contributed by atoms with Crippen LogP contribution in [0.4, 0.5) is 0 Å². The first kappa shape index (κ1) is 12.5. The Bertz CT molecular complexity index is 191. The van der Waals surface area contributed by atoms with Crippen molar-refractivity contribution in [3.8, 4) is 0 Å². The highest BCUT2D eigenvalue weighted by molar-refractivity contribution is 5.75. The number of hydrogen-bond acceptors (Lipinski definition) is 3. The maximum absolute atomic E-state index is 11.5. The van der Waals surface area contributed by atoms with Crippen molar-refractivity contribution >= 4 is 5.91 Å².